The number of carbonyl (C=O) groups excluding carboxylic acids is 1. The summed E-state index contributed by atoms with van der Waals surface area (Å²) >= 11 is 6.02. The van der Waals surface area contributed by atoms with Gasteiger partial charge in [-0.05, 0) is 31.9 Å². The van der Waals surface area contributed by atoms with E-state index in [9.17, 15) is 34.9 Å². The third kappa shape index (κ3) is 4.33. The highest BCUT2D eigenvalue weighted by Gasteiger charge is 2.34. The summed E-state index contributed by atoms with van der Waals surface area (Å²) in [6.45, 7) is 0. The van der Waals surface area contributed by atoms with Crippen LogP contribution in [0.1, 0.15) is 20.7 Å². The molecular weight excluding hydrogens is 540 g/mol. The summed E-state index contributed by atoms with van der Waals surface area (Å²) < 4.78 is 14.9. The zero-order valence-corrected chi connectivity index (χ0v) is 18.2. The maximum Gasteiger partial charge on any atom is 0.350 e. The van der Waals surface area contributed by atoms with Crippen LogP contribution in [-0.4, -0.2) is 41.1 Å². The Hall–Kier alpha value is -3.26. The minimum Gasteiger partial charge on any atom is -0.496 e. The van der Waals surface area contributed by atoms with Gasteiger partial charge in [0.1, 0.15) is 27.1 Å². The maximum absolute atomic E-state index is 12.7. The van der Waals surface area contributed by atoms with Gasteiger partial charge in [0.2, 0.25) is 5.75 Å². The molecule has 0 fully saturated rings. The Balaban J connectivity index is 2.73. The summed E-state index contributed by atoms with van der Waals surface area (Å²) in [6, 6.07) is 2.86. The lowest BCUT2D eigenvalue weighted by molar-refractivity contribution is -0.386. The average molecular weight is 550 g/mol. The SMILES string of the molecule is COc1cc(C(=O)Oc2c(Br)c(OC)cc(C(=O)O)c2[N+](=O)[O-])c([N+](=O)[O-])cc1Br. The smallest absolute Gasteiger partial charge is 0.350 e. The van der Waals surface area contributed by atoms with E-state index >= 15 is 0 Å². The van der Waals surface area contributed by atoms with Crippen LogP contribution in [0.4, 0.5) is 11.4 Å². The standard InChI is InChI=1S/C16H10Br2N2O10/c1-28-10-3-6(9(19(24)25)5-8(10)17)16(23)30-14-12(18)11(29-2)4-7(15(21)22)13(14)20(26)27/h3-5H,1-2H3,(H,21,22). The lowest BCUT2D eigenvalue weighted by atomic mass is 10.1. The second kappa shape index (κ2) is 9.04. The molecule has 158 valence electrons. The first-order valence-electron chi connectivity index (χ1n) is 7.55. The largest absolute Gasteiger partial charge is 0.496 e. The quantitative estimate of drug-likeness (QED) is 0.231. The molecule has 0 aliphatic rings. The number of nitro benzene ring substituents is 2. The Morgan fingerprint density at radius 3 is 2.00 bits per heavy atom. The van der Waals surface area contributed by atoms with Gasteiger partial charge >= 0.3 is 17.6 Å². The minimum absolute atomic E-state index is 0.0537. The van der Waals surface area contributed by atoms with Crippen LogP contribution in [0.25, 0.3) is 0 Å². The molecule has 1 N–H and O–H groups in total. The fraction of sp³-hybridized carbons (Fsp3) is 0.125. The first kappa shape index (κ1) is 23.0. The van der Waals surface area contributed by atoms with E-state index < -0.39 is 50.0 Å². The van der Waals surface area contributed by atoms with Crippen molar-refractivity contribution < 1.29 is 38.8 Å². The number of esters is 1. The second-order valence-electron chi connectivity index (χ2n) is 5.33. The first-order chi connectivity index (χ1) is 14.0. The third-order valence-corrected chi connectivity index (χ3v) is 5.05. The number of nitro groups is 2. The number of rotatable bonds is 7. The van der Waals surface area contributed by atoms with Crippen molar-refractivity contribution >= 4 is 55.2 Å². The number of halogens is 2. The Morgan fingerprint density at radius 1 is 0.967 bits per heavy atom. The van der Waals surface area contributed by atoms with E-state index in [2.05, 4.69) is 31.9 Å². The zero-order chi connectivity index (χ0) is 22.7. The molecule has 0 heterocycles. The number of benzene rings is 2. The van der Waals surface area contributed by atoms with Gasteiger partial charge in [0.25, 0.3) is 5.69 Å². The van der Waals surface area contributed by atoms with Crippen LogP contribution in [0.3, 0.4) is 0 Å². The second-order valence-corrected chi connectivity index (χ2v) is 6.98. The van der Waals surface area contributed by atoms with Crippen LogP contribution in [0.2, 0.25) is 0 Å². The lowest BCUT2D eigenvalue weighted by Gasteiger charge is -2.13. The number of carboxylic acid groups (broad SMARTS) is 1. The number of hydrogen-bond donors (Lipinski definition) is 1. The molecule has 0 aromatic heterocycles. The summed E-state index contributed by atoms with van der Waals surface area (Å²) in [5.41, 5.74) is -3.12. The van der Waals surface area contributed by atoms with E-state index in [4.69, 9.17) is 14.2 Å². The Bertz CT molecular complexity index is 1090. The van der Waals surface area contributed by atoms with E-state index in [0.29, 0.717) is 0 Å². The Morgan fingerprint density at radius 2 is 1.53 bits per heavy atom. The van der Waals surface area contributed by atoms with Crippen molar-refractivity contribution in [3.05, 3.63) is 58.5 Å². The minimum atomic E-state index is -1.68. The Kier molecular flexibility index (Phi) is 6.94. The van der Waals surface area contributed by atoms with Gasteiger partial charge in [0.05, 0.1) is 28.5 Å². The summed E-state index contributed by atoms with van der Waals surface area (Å²) in [7, 11) is 2.41. The van der Waals surface area contributed by atoms with E-state index in [1.807, 2.05) is 0 Å². The van der Waals surface area contributed by atoms with Crippen molar-refractivity contribution in [3.63, 3.8) is 0 Å². The monoisotopic (exact) mass is 548 g/mol. The summed E-state index contributed by atoms with van der Waals surface area (Å²) in [6.07, 6.45) is 0. The van der Waals surface area contributed by atoms with Gasteiger partial charge in [0, 0.05) is 18.2 Å². The van der Waals surface area contributed by atoms with Crippen molar-refractivity contribution in [2.45, 2.75) is 0 Å². The third-order valence-electron chi connectivity index (χ3n) is 3.68. The van der Waals surface area contributed by atoms with Gasteiger partial charge in [0.15, 0.2) is 0 Å². The summed E-state index contributed by atoms with van der Waals surface area (Å²) in [4.78, 5) is 45.1. The van der Waals surface area contributed by atoms with Crippen molar-refractivity contribution in [2.24, 2.45) is 0 Å². The number of methoxy groups -OCH3 is 2. The molecule has 12 nitrogen and oxygen atoms in total. The molecule has 0 radical (unpaired) electrons. The van der Waals surface area contributed by atoms with Crippen LogP contribution in [0.15, 0.2) is 27.1 Å². The molecule has 0 aliphatic carbocycles. The zero-order valence-electron chi connectivity index (χ0n) is 15.0. The summed E-state index contributed by atoms with van der Waals surface area (Å²) in [5, 5.41) is 32.1. The predicted molar refractivity (Wildman–Crippen MR) is 107 cm³/mol. The van der Waals surface area contributed by atoms with Gasteiger partial charge < -0.3 is 19.3 Å². The molecule has 2 aromatic rings. The molecule has 0 aliphatic heterocycles. The average Bonchev–Trinajstić information content (AvgIpc) is 2.68. The van der Waals surface area contributed by atoms with Crippen LogP contribution in [0, 0.1) is 20.2 Å². The number of carboxylic acids is 1. The topological polar surface area (TPSA) is 168 Å². The van der Waals surface area contributed by atoms with Crippen LogP contribution < -0.4 is 14.2 Å². The maximum atomic E-state index is 12.7. The number of nitrogens with zero attached hydrogens (tertiary/aromatic N) is 2. The first-order valence-corrected chi connectivity index (χ1v) is 9.14. The Labute approximate surface area is 183 Å². The fourth-order valence-corrected chi connectivity index (χ4v) is 3.39. The van der Waals surface area contributed by atoms with E-state index in [-0.39, 0.29) is 20.4 Å². The number of aromatic carboxylic acids is 1. The van der Waals surface area contributed by atoms with Crippen LogP contribution in [-0.2, 0) is 0 Å². The van der Waals surface area contributed by atoms with E-state index in [1.54, 1.807) is 0 Å². The van der Waals surface area contributed by atoms with Gasteiger partial charge in [-0.3, -0.25) is 20.2 Å². The molecular formula is C16H10Br2N2O10. The summed E-state index contributed by atoms with van der Waals surface area (Å²) in [5.74, 6) is -3.96. The highest BCUT2D eigenvalue weighted by molar-refractivity contribution is 9.11. The number of ether oxygens (including phenoxy) is 3. The predicted octanol–water partition coefficient (Wildman–Crippen LogP) is 3.96. The van der Waals surface area contributed by atoms with E-state index in [1.165, 1.54) is 7.11 Å². The molecule has 0 saturated heterocycles. The van der Waals surface area contributed by atoms with Crippen LogP contribution in [0.5, 0.6) is 17.2 Å². The molecule has 0 atom stereocenters. The fourth-order valence-electron chi connectivity index (χ4n) is 2.35. The molecule has 14 heteroatoms. The highest BCUT2D eigenvalue weighted by atomic mass is 79.9. The molecule has 30 heavy (non-hydrogen) atoms. The van der Waals surface area contributed by atoms with Gasteiger partial charge in [-0.25, -0.2) is 9.59 Å². The van der Waals surface area contributed by atoms with E-state index in [0.717, 1.165) is 25.3 Å². The van der Waals surface area contributed by atoms with Crippen molar-refractivity contribution in [2.75, 3.05) is 14.2 Å². The molecule has 0 unspecified atom stereocenters. The van der Waals surface area contributed by atoms with Gasteiger partial charge in [-0.1, -0.05) is 0 Å². The molecule has 0 spiro atoms. The highest BCUT2D eigenvalue weighted by Crippen LogP contribution is 2.45. The lowest BCUT2D eigenvalue weighted by Crippen LogP contribution is -2.15. The van der Waals surface area contributed by atoms with Crippen molar-refractivity contribution in [1.29, 1.82) is 0 Å². The molecule has 2 aromatic carbocycles. The van der Waals surface area contributed by atoms with Crippen molar-refractivity contribution in [3.8, 4) is 17.2 Å². The molecule has 0 bridgehead atoms. The molecule has 0 amide bonds. The molecule has 2 rings (SSSR count). The number of hydrogen-bond acceptors (Lipinski definition) is 9. The number of carbonyl (C=O) groups is 2. The van der Waals surface area contributed by atoms with Gasteiger partial charge in [-0.2, -0.15) is 0 Å². The van der Waals surface area contributed by atoms with Crippen LogP contribution >= 0.6 is 31.9 Å². The van der Waals surface area contributed by atoms with Crippen molar-refractivity contribution in [1.82, 2.24) is 0 Å². The van der Waals surface area contributed by atoms with Gasteiger partial charge in [-0.15, -0.1) is 0 Å². The normalized spacial score (nSPS) is 10.3. The molecule has 0 saturated carbocycles.